The fraction of sp³-hybridized carbons (Fsp3) is 0.900. The van der Waals surface area contributed by atoms with Crippen LogP contribution in [0, 0.1) is 23.2 Å². The van der Waals surface area contributed by atoms with Gasteiger partial charge >= 0.3 is 0 Å². The zero-order chi connectivity index (χ0) is 16.4. The van der Waals surface area contributed by atoms with Gasteiger partial charge in [-0.3, -0.25) is 0 Å². The van der Waals surface area contributed by atoms with Crippen LogP contribution < -0.4 is 0 Å². The molecule has 128 valence electrons. The molecule has 0 saturated heterocycles. The number of hydrogen-bond donors (Lipinski definition) is 0. The summed E-state index contributed by atoms with van der Waals surface area (Å²) in [6, 6.07) is 0. The van der Waals surface area contributed by atoms with E-state index in [1.54, 1.807) is 5.57 Å². The predicted octanol–water partition coefficient (Wildman–Crippen LogP) is 6.71. The van der Waals surface area contributed by atoms with Gasteiger partial charge < -0.3 is 4.74 Å². The first kappa shape index (κ1) is 18.5. The van der Waals surface area contributed by atoms with Crippen molar-refractivity contribution < 1.29 is 4.74 Å². The molecule has 2 aliphatic rings. The van der Waals surface area contributed by atoms with Crippen LogP contribution in [0.4, 0.5) is 0 Å². The summed E-state index contributed by atoms with van der Waals surface area (Å²) in [5, 5.41) is 0. The highest BCUT2D eigenvalue weighted by Gasteiger charge is 2.50. The zero-order valence-electron chi connectivity index (χ0n) is 15.3. The van der Waals surface area contributed by atoms with Crippen LogP contribution in [-0.4, -0.2) is 12.7 Å². The minimum Gasteiger partial charge on any atom is -0.379 e. The Balaban J connectivity index is 1.95. The maximum Gasteiger partial charge on any atom is 0.0622 e. The molecular weight excluding hydrogens is 336 g/mol. The van der Waals surface area contributed by atoms with E-state index in [4.69, 9.17) is 4.74 Å². The van der Waals surface area contributed by atoms with Crippen molar-refractivity contribution in [2.24, 2.45) is 23.2 Å². The second-order valence-electron chi connectivity index (χ2n) is 8.61. The van der Waals surface area contributed by atoms with E-state index >= 15 is 0 Å². The van der Waals surface area contributed by atoms with Gasteiger partial charge in [0.1, 0.15) is 0 Å². The van der Waals surface area contributed by atoms with Crippen molar-refractivity contribution in [3.05, 3.63) is 10.6 Å². The summed E-state index contributed by atoms with van der Waals surface area (Å²) < 4.78 is 5.57. The first-order valence-corrected chi connectivity index (χ1v) is 10.1. The van der Waals surface area contributed by atoms with Crippen LogP contribution in [-0.2, 0) is 4.74 Å². The number of hydrogen-bond acceptors (Lipinski definition) is 1. The van der Waals surface area contributed by atoms with Crippen LogP contribution in [0.1, 0.15) is 79.1 Å². The van der Waals surface area contributed by atoms with Crippen LogP contribution in [0.5, 0.6) is 0 Å². The first-order chi connectivity index (χ1) is 10.3. The van der Waals surface area contributed by atoms with Gasteiger partial charge in [-0.25, -0.2) is 0 Å². The third-order valence-corrected chi connectivity index (χ3v) is 7.44. The summed E-state index contributed by atoms with van der Waals surface area (Å²) in [6.45, 7) is 9.50. The van der Waals surface area contributed by atoms with E-state index in [0.29, 0.717) is 5.41 Å². The lowest BCUT2D eigenvalue weighted by Crippen LogP contribution is -2.36. The Kier molecular flexibility index (Phi) is 6.21. The van der Waals surface area contributed by atoms with Crippen molar-refractivity contribution in [3.8, 4) is 0 Å². The summed E-state index contributed by atoms with van der Waals surface area (Å²) in [5.74, 6) is 2.59. The van der Waals surface area contributed by atoms with Crippen molar-refractivity contribution in [1.82, 2.24) is 0 Å². The molecule has 0 unspecified atom stereocenters. The number of ether oxygens (including phenoxy) is 1. The van der Waals surface area contributed by atoms with Crippen LogP contribution in [0.15, 0.2) is 10.6 Å². The molecule has 0 spiro atoms. The van der Waals surface area contributed by atoms with E-state index < -0.39 is 0 Å². The van der Waals surface area contributed by atoms with E-state index in [1.165, 1.54) is 51.4 Å². The second kappa shape index (κ2) is 7.38. The summed E-state index contributed by atoms with van der Waals surface area (Å²) in [6.07, 6.45) is 10.8. The van der Waals surface area contributed by atoms with Crippen molar-refractivity contribution in [1.29, 1.82) is 0 Å². The van der Waals surface area contributed by atoms with Gasteiger partial charge in [0, 0.05) is 7.11 Å². The Hall–Kier alpha value is 0.180. The minimum atomic E-state index is 0.0402. The monoisotopic (exact) mass is 370 g/mol. The van der Waals surface area contributed by atoms with Crippen LogP contribution in [0.3, 0.4) is 0 Å². The van der Waals surface area contributed by atoms with E-state index in [1.807, 2.05) is 7.11 Å². The molecule has 0 aromatic heterocycles. The molecular formula is C20H35BrO. The number of fused-ring (bicyclic) bond motifs is 1. The van der Waals surface area contributed by atoms with Crippen molar-refractivity contribution in [2.45, 2.75) is 84.7 Å². The number of rotatable bonds is 6. The van der Waals surface area contributed by atoms with Gasteiger partial charge in [0.25, 0.3) is 0 Å². The van der Waals surface area contributed by atoms with Gasteiger partial charge in [0.05, 0.1) is 5.60 Å². The Morgan fingerprint density at radius 3 is 2.77 bits per heavy atom. The Bertz CT molecular complexity index is 401. The average Bonchev–Trinajstić information content (AvgIpc) is 2.83. The quantitative estimate of drug-likeness (QED) is 0.504. The average molecular weight is 371 g/mol. The standard InChI is InChI=1S/C20H35BrO/c1-15(8-6-12-19(2,3)22-5)17-10-11-18-16(14-21)9-7-13-20(17,18)4/h14-15,17-18H,6-13H2,1-5H3/t15-,17-,18+,20-/m1/s1. The maximum absolute atomic E-state index is 5.57. The van der Waals surface area contributed by atoms with Gasteiger partial charge in [0.2, 0.25) is 0 Å². The second-order valence-corrected chi connectivity index (χ2v) is 9.07. The molecule has 1 nitrogen and oxygen atoms in total. The van der Waals surface area contributed by atoms with Crippen molar-refractivity contribution in [2.75, 3.05) is 7.11 Å². The molecule has 2 aliphatic carbocycles. The van der Waals surface area contributed by atoms with Gasteiger partial charge in [-0.15, -0.1) is 0 Å². The molecule has 0 aromatic rings. The summed E-state index contributed by atoms with van der Waals surface area (Å²) in [4.78, 5) is 2.24. The lowest BCUT2D eigenvalue weighted by molar-refractivity contribution is 0.0108. The zero-order valence-corrected chi connectivity index (χ0v) is 16.8. The van der Waals surface area contributed by atoms with Crippen LogP contribution in [0.2, 0.25) is 0 Å². The highest BCUT2D eigenvalue weighted by Crippen LogP contribution is 2.60. The molecule has 2 heteroatoms. The lowest BCUT2D eigenvalue weighted by atomic mass is 9.61. The Labute approximate surface area is 146 Å². The molecule has 0 radical (unpaired) electrons. The molecule has 22 heavy (non-hydrogen) atoms. The third kappa shape index (κ3) is 3.80. The minimum absolute atomic E-state index is 0.0402. The SMILES string of the molecule is COC(C)(C)CCC[C@@H](C)[C@H]1CC[C@H]2C(=CBr)CCC[C@]12C. The fourth-order valence-corrected chi connectivity index (χ4v) is 5.85. The van der Waals surface area contributed by atoms with Crippen molar-refractivity contribution >= 4 is 15.9 Å². The molecule has 0 aromatic carbocycles. The highest BCUT2D eigenvalue weighted by atomic mass is 79.9. The van der Waals surface area contributed by atoms with Gasteiger partial charge in [-0.05, 0) is 80.5 Å². The van der Waals surface area contributed by atoms with E-state index in [0.717, 1.165) is 17.8 Å². The largest absolute Gasteiger partial charge is 0.379 e. The van der Waals surface area contributed by atoms with Gasteiger partial charge in [-0.2, -0.15) is 0 Å². The van der Waals surface area contributed by atoms with Gasteiger partial charge in [0.15, 0.2) is 0 Å². The summed E-state index contributed by atoms with van der Waals surface area (Å²) in [7, 11) is 1.84. The van der Waals surface area contributed by atoms with Crippen LogP contribution >= 0.6 is 15.9 Å². The number of allylic oxidation sites excluding steroid dienone is 1. The molecule has 4 atom stereocenters. The van der Waals surface area contributed by atoms with E-state index in [2.05, 4.69) is 48.6 Å². The molecule has 0 bridgehead atoms. The number of methoxy groups -OCH3 is 1. The lowest BCUT2D eigenvalue weighted by Gasteiger charge is -2.44. The fourth-order valence-electron chi connectivity index (χ4n) is 5.30. The molecule has 0 aliphatic heterocycles. The number of halogens is 1. The Morgan fingerprint density at radius 1 is 1.41 bits per heavy atom. The van der Waals surface area contributed by atoms with E-state index in [-0.39, 0.29) is 5.60 Å². The first-order valence-electron chi connectivity index (χ1n) is 9.18. The molecule has 0 N–H and O–H groups in total. The molecule has 0 heterocycles. The maximum atomic E-state index is 5.57. The summed E-state index contributed by atoms with van der Waals surface area (Å²) in [5.41, 5.74) is 2.27. The predicted molar refractivity (Wildman–Crippen MR) is 99.3 cm³/mol. The molecule has 0 amide bonds. The molecule has 2 rings (SSSR count). The molecule has 2 saturated carbocycles. The topological polar surface area (TPSA) is 9.23 Å². The highest BCUT2D eigenvalue weighted by molar-refractivity contribution is 9.11. The third-order valence-electron chi connectivity index (χ3n) is 6.86. The van der Waals surface area contributed by atoms with Crippen LogP contribution in [0.25, 0.3) is 0 Å². The normalized spacial score (nSPS) is 35.6. The van der Waals surface area contributed by atoms with E-state index in [9.17, 15) is 0 Å². The summed E-state index contributed by atoms with van der Waals surface area (Å²) >= 11 is 3.62. The van der Waals surface area contributed by atoms with Gasteiger partial charge in [-0.1, -0.05) is 48.2 Å². The van der Waals surface area contributed by atoms with Crippen molar-refractivity contribution in [3.63, 3.8) is 0 Å². The smallest absolute Gasteiger partial charge is 0.0622 e. The Morgan fingerprint density at radius 2 is 2.14 bits per heavy atom. The molecule has 2 fully saturated rings.